The fourth-order valence-electron chi connectivity index (χ4n) is 2.29. The lowest BCUT2D eigenvalue weighted by molar-refractivity contribution is -0.141. The van der Waals surface area contributed by atoms with E-state index in [0.717, 1.165) is 0 Å². The van der Waals surface area contributed by atoms with Gasteiger partial charge in [-0.2, -0.15) is 0 Å². The normalized spacial score (nSPS) is 17.1. The van der Waals surface area contributed by atoms with E-state index in [1.54, 1.807) is 12.1 Å². The van der Waals surface area contributed by atoms with Gasteiger partial charge in [-0.25, -0.2) is 4.79 Å². The Labute approximate surface area is 128 Å². The van der Waals surface area contributed by atoms with E-state index in [4.69, 9.17) is 5.11 Å². The van der Waals surface area contributed by atoms with E-state index in [1.807, 2.05) is 18.2 Å². The number of rotatable bonds is 5. The van der Waals surface area contributed by atoms with Crippen LogP contribution in [0.4, 0.5) is 10.5 Å². The second-order valence-electron chi connectivity index (χ2n) is 5.17. The minimum absolute atomic E-state index is 0.164. The molecule has 1 aromatic carbocycles. The number of para-hydroxylation sites is 1. The van der Waals surface area contributed by atoms with E-state index >= 15 is 0 Å². The van der Waals surface area contributed by atoms with Gasteiger partial charge in [0.05, 0.1) is 5.92 Å². The van der Waals surface area contributed by atoms with Gasteiger partial charge in [-0.3, -0.25) is 9.59 Å². The van der Waals surface area contributed by atoms with Gasteiger partial charge in [0.25, 0.3) is 0 Å². The van der Waals surface area contributed by atoms with Gasteiger partial charge in [0.15, 0.2) is 0 Å². The third-order valence-electron chi connectivity index (χ3n) is 3.51. The Morgan fingerprint density at radius 2 is 1.95 bits per heavy atom. The van der Waals surface area contributed by atoms with Gasteiger partial charge in [-0.1, -0.05) is 18.2 Å². The van der Waals surface area contributed by atoms with E-state index < -0.39 is 11.9 Å². The zero-order valence-electron chi connectivity index (χ0n) is 12.1. The predicted molar refractivity (Wildman–Crippen MR) is 80.4 cm³/mol. The van der Waals surface area contributed by atoms with Crippen molar-refractivity contribution in [2.24, 2.45) is 5.92 Å². The number of carboxylic acid groups (broad SMARTS) is 1. The number of anilines is 1. The van der Waals surface area contributed by atoms with E-state index in [0.29, 0.717) is 18.7 Å². The largest absolute Gasteiger partial charge is 0.481 e. The average molecular weight is 305 g/mol. The molecule has 1 aliphatic rings. The van der Waals surface area contributed by atoms with E-state index in [1.165, 1.54) is 4.90 Å². The van der Waals surface area contributed by atoms with Crippen molar-refractivity contribution in [3.63, 3.8) is 0 Å². The molecule has 0 bridgehead atoms. The van der Waals surface area contributed by atoms with Crippen LogP contribution >= 0.6 is 0 Å². The van der Waals surface area contributed by atoms with E-state index in [-0.39, 0.29) is 31.4 Å². The molecule has 1 heterocycles. The second-order valence-corrected chi connectivity index (χ2v) is 5.17. The average Bonchev–Trinajstić information content (AvgIpc) is 2.98. The highest BCUT2D eigenvalue weighted by Crippen LogP contribution is 2.16. The first-order chi connectivity index (χ1) is 10.6. The molecule has 0 aliphatic carbocycles. The molecule has 0 saturated carbocycles. The molecule has 118 valence electrons. The highest BCUT2D eigenvalue weighted by molar-refractivity contribution is 5.91. The first-order valence-electron chi connectivity index (χ1n) is 7.17. The number of aliphatic carboxylic acids is 1. The quantitative estimate of drug-likeness (QED) is 0.759. The fourth-order valence-corrected chi connectivity index (χ4v) is 2.29. The molecular formula is C15H19N3O4. The van der Waals surface area contributed by atoms with Crippen LogP contribution in [-0.2, 0) is 9.59 Å². The molecule has 1 saturated heterocycles. The molecular weight excluding hydrogens is 286 g/mol. The molecule has 0 aromatic heterocycles. The number of hydrogen-bond acceptors (Lipinski definition) is 3. The minimum atomic E-state index is -0.877. The first-order valence-corrected chi connectivity index (χ1v) is 7.17. The topological polar surface area (TPSA) is 98.7 Å². The summed E-state index contributed by atoms with van der Waals surface area (Å²) in [6.45, 7) is 0.863. The number of hydrogen-bond donors (Lipinski definition) is 3. The molecule has 1 aliphatic heterocycles. The summed E-state index contributed by atoms with van der Waals surface area (Å²) in [7, 11) is 0. The molecule has 7 heteroatoms. The first kappa shape index (κ1) is 15.8. The van der Waals surface area contributed by atoms with Gasteiger partial charge in [0.1, 0.15) is 0 Å². The van der Waals surface area contributed by atoms with Crippen LogP contribution in [0.2, 0.25) is 0 Å². The predicted octanol–water partition coefficient (Wildman–Crippen LogP) is 1.13. The third-order valence-corrected chi connectivity index (χ3v) is 3.51. The number of nitrogens with zero attached hydrogens (tertiary/aromatic N) is 1. The summed E-state index contributed by atoms with van der Waals surface area (Å²) in [6.07, 6.45) is 0.633. The maximum atomic E-state index is 11.8. The summed E-state index contributed by atoms with van der Waals surface area (Å²) in [6, 6.07) is 8.75. The molecule has 2 rings (SSSR count). The maximum Gasteiger partial charge on any atom is 0.317 e. The monoisotopic (exact) mass is 305 g/mol. The van der Waals surface area contributed by atoms with Gasteiger partial charge in [0.2, 0.25) is 5.91 Å². The maximum absolute atomic E-state index is 11.8. The van der Waals surface area contributed by atoms with Crippen molar-refractivity contribution < 1.29 is 19.5 Å². The number of likely N-dealkylation sites (tertiary alicyclic amines) is 1. The van der Waals surface area contributed by atoms with Crippen molar-refractivity contribution in [3.8, 4) is 0 Å². The Bertz CT molecular complexity index is 547. The van der Waals surface area contributed by atoms with Crippen LogP contribution < -0.4 is 10.6 Å². The van der Waals surface area contributed by atoms with Crippen molar-refractivity contribution in [1.82, 2.24) is 10.2 Å². The summed E-state index contributed by atoms with van der Waals surface area (Å²) >= 11 is 0. The zero-order valence-corrected chi connectivity index (χ0v) is 12.1. The summed E-state index contributed by atoms with van der Waals surface area (Å²) in [5.74, 6) is -1.55. The zero-order chi connectivity index (χ0) is 15.9. The number of carboxylic acids is 1. The summed E-state index contributed by atoms with van der Waals surface area (Å²) in [5, 5.41) is 14.3. The van der Waals surface area contributed by atoms with Crippen molar-refractivity contribution in [2.45, 2.75) is 12.8 Å². The molecule has 1 aromatic rings. The van der Waals surface area contributed by atoms with Crippen LogP contribution in [0.3, 0.4) is 0 Å². The molecule has 0 spiro atoms. The van der Waals surface area contributed by atoms with E-state index in [2.05, 4.69) is 10.6 Å². The molecule has 0 radical (unpaired) electrons. The van der Waals surface area contributed by atoms with Gasteiger partial charge in [-0.05, 0) is 18.6 Å². The van der Waals surface area contributed by atoms with Gasteiger partial charge < -0.3 is 20.6 Å². The number of carbonyl (C=O) groups is 3. The van der Waals surface area contributed by atoms with Gasteiger partial charge in [-0.15, -0.1) is 0 Å². The smallest absolute Gasteiger partial charge is 0.317 e. The number of urea groups is 1. The van der Waals surface area contributed by atoms with Gasteiger partial charge in [0, 0.05) is 31.7 Å². The summed E-state index contributed by atoms with van der Waals surface area (Å²) < 4.78 is 0. The highest BCUT2D eigenvalue weighted by atomic mass is 16.4. The van der Waals surface area contributed by atoms with Crippen LogP contribution in [0.1, 0.15) is 12.8 Å². The molecule has 7 nitrogen and oxygen atoms in total. The molecule has 3 amide bonds. The second kappa shape index (κ2) is 7.44. The Hall–Kier alpha value is -2.57. The highest BCUT2D eigenvalue weighted by Gasteiger charge is 2.30. The Morgan fingerprint density at radius 3 is 2.59 bits per heavy atom. The number of nitrogens with one attached hydrogen (secondary N) is 2. The molecule has 22 heavy (non-hydrogen) atoms. The Balaban J connectivity index is 1.67. The molecule has 1 fully saturated rings. The number of amides is 3. The summed E-state index contributed by atoms with van der Waals surface area (Å²) in [5.41, 5.74) is 0.711. The SMILES string of the molecule is O=C(CCNC(=O)N1CCC(C(=O)O)C1)Nc1ccccc1. The van der Waals surface area contributed by atoms with Gasteiger partial charge >= 0.3 is 12.0 Å². The lowest BCUT2D eigenvalue weighted by Gasteiger charge is -2.16. The Kier molecular flexibility index (Phi) is 5.35. The van der Waals surface area contributed by atoms with Crippen molar-refractivity contribution in [2.75, 3.05) is 25.0 Å². The number of benzene rings is 1. The minimum Gasteiger partial charge on any atom is -0.481 e. The summed E-state index contributed by atoms with van der Waals surface area (Å²) in [4.78, 5) is 35.8. The van der Waals surface area contributed by atoms with Crippen LogP contribution in [-0.4, -0.2) is 47.5 Å². The molecule has 1 unspecified atom stereocenters. The lowest BCUT2D eigenvalue weighted by Crippen LogP contribution is -2.40. The van der Waals surface area contributed by atoms with Crippen molar-refractivity contribution >= 4 is 23.6 Å². The Morgan fingerprint density at radius 1 is 1.23 bits per heavy atom. The number of carbonyl (C=O) groups excluding carboxylic acids is 2. The molecule has 1 atom stereocenters. The van der Waals surface area contributed by atoms with Crippen LogP contribution in [0.5, 0.6) is 0 Å². The van der Waals surface area contributed by atoms with Crippen molar-refractivity contribution in [1.29, 1.82) is 0 Å². The van der Waals surface area contributed by atoms with Crippen LogP contribution in [0.25, 0.3) is 0 Å². The fraction of sp³-hybridized carbons (Fsp3) is 0.400. The van der Waals surface area contributed by atoms with Crippen molar-refractivity contribution in [3.05, 3.63) is 30.3 Å². The third kappa shape index (κ3) is 4.47. The van der Waals surface area contributed by atoms with Crippen LogP contribution in [0.15, 0.2) is 30.3 Å². The van der Waals surface area contributed by atoms with E-state index in [9.17, 15) is 14.4 Å². The lowest BCUT2D eigenvalue weighted by atomic mass is 10.1. The van der Waals surface area contributed by atoms with Crippen LogP contribution in [0, 0.1) is 5.92 Å². The standard InChI is InChI=1S/C15H19N3O4/c19-13(17-12-4-2-1-3-5-12)6-8-16-15(22)18-9-7-11(10-18)14(20)21/h1-5,11H,6-10H2,(H,16,22)(H,17,19)(H,20,21). The molecule has 3 N–H and O–H groups in total.